The summed E-state index contributed by atoms with van der Waals surface area (Å²) in [5.41, 5.74) is 1.30. The van der Waals surface area contributed by atoms with Gasteiger partial charge in [-0.15, -0.1) is 0 Å². The average molecular weight is 393 g/mol. The highest BCUT2D eigenvalue weighted by atomic mass is 16.5. The summed E-state index contributed by atoms with van der Waals surface area (Å²) in [5.74, 6) is -1.02. The predicted molar refractivity (Wildman–Crippen MR) is 104 cm³/mol. The first kappa shape index (κ1) is 19.9. The number of nitrogens with zero attached hydrogens (tertiary/aromatic N) is 2. The highest BCUT2D eigenvalue weighted by Crippen LogP contribution is 2.30. The van der Waals surface area contributed by atoms with Crippen LogP contribution in [0.4, 0.5) is 11.4 Å². The maximum Gasteiger partial charge on any atom is 0.326 e. The molecular formula is C21H19N3O5. The minimum Gasteiger partial charge on any atom is -0.491 e. The van der Waals surface area contributed by atoms with Gasteiger partial charge in [-0.3, -0.25) is 19.3 Å². The van der Waals surface area contributed by atoms with E-state index in [9.17, 15) is 14.4 Å². The van der Waals surface area contributed by atoms with Crippen LogP contribution >= 0.6 is 0 Å². The van der Waals surface area contributed by atoms with Crippen LogP contribution in [0.5, 0.6) is 5.75 Å². The Hall–Kier alpha value is -3.86. The Kier molecular flexibility index (Phi) is 6.09. The second kappa shape index (κ2) is 8.89. The minimum absolute atomic E-state index is 0.132. The van der Waals surface area contributed by atoms with Crippen molar-refractivity contribution in [3.63, 3.8) is 0 Å². The molecular weight excluding hydrogens is 374 g/mol. The van der Waals surface area contributed by atoms with Crippen LogP contribution in [0.3, 0.4) is 0 Å². The SMILES string of the molecule is C[C@H](OC(=O)CN1C(=O)CCOc2ccccc21)C(=O)Nc1cccc(C#N)c1. The zero-order valence-corrected chi connectivity index (χ0v) is 15.8. The molecule has 2 aromatic carbocycles. The molecule has 0 fully saturated rings. The van der Waals surface area contributed by atoms with E-state index in [-0.39, 0.29) is 25.5 Å². The molecule has 0 bridgehead atoms. The molecule has 8 nitrogen and oxygen atoms in total. The first-order chi connectivity index (χ1) is 14.0. The van der Waals surface area contributed by atoms with Gasteiger partial charge in [-0.2, -0.15) is 5.26 Å². The third-order valence-corrected chi connectivity index (χ3v) is 4.25. The second-order valence-electron chi connectivity index (χ2n) is 6.36. The van der Waals surface area contributed by atoms with Crippen LogP contribution in [0.15, 0.2) is 48.5 Å². The van der Waals surface area contributed by atoms with Crippen LogP contribution in [0, 0.1) is 11.3 Å². The molecule has 2 amide bonds. The first-order valence-corrected chi connectivity index (χ1v) is 9.00. The normalized spacial score (nSPS) is 13.9. The largest absolute Gasteiger partial charge is 0.491 e. The van der Waals surface area contributed by atoms with Gasteiger partial charge in [0.15, 0.2) is 6.10 Å². The number of hydrogen-bond donors (Lipinski definition) is 1. The Morgan fingerprint density at radius 1 is 1.28 bits per heavy atom. The number of ether oxygens (including phenoxy) is 2. The van der Waals surface area contributed by atoms with Crippen molar-refractivity contribution in [2.75, 3.05) is 23.4 Å². The third-order valence-electron chi connectivity index (χ3n) is 4.25. The standard InChI is InChI=1S/C21H19N3O5/c1-14(21(27)23-16-6-4-5-15(11-16)12-22)29-20(26)13-24-17-7-2-3-8-18(17)28-10-9-19(24)25/h2-8,11,14H,9-10,13H2,1H3,(H,23,27)/t14-/m0/s1. The molecule has 0 saturated carbocycles. The summed E-state index contributed by atoms with van der Waals surface area (Å²) in [6, 6.07) is 15.3. The Morgan fingerprint density at radius 3 is 2.86 bits per heavy atom. The lowest BCUT2D eigenvalue weighted by molar-refractivity contribution is -0.152. The number of hydrogen-bond acceptors (Lipinski definition) is 6. The Morgan fingerprint density at radius 2 is 2.07 bits per heavy atom. The Balaban J connectivity index is 1.63. The summed E-state index contributed by atoms with van der Waals surface area (Å²) < 4.78 is 10.7. The predicted octanol–water partition coefficient (Wildman–Crippen LogP) is 2.24. The first-order valence-electron chi connectivity index (χ1n) is 9.00. The second-order valence-corrected chi connectivity index (χ2v) is 6.36. The van der Waals surface area contributed by atoms with Gasteiger partial charge in [-0.25, -0.2) is 0 Å². The van der Waals surface area contributed by atoms with Gasteiger partial charge in [0.25, 0.3) is 5.91 Å². The van der Waals surface area contributed by atoms with Crippen LogP contribution in [-0.4, -0.2) is 37.0 Å². The van der Waals surface area contributed by atoms with Crippen LogP contribution in [-0.2, 0) is 19.1 Å². The summed E-state index contributed by atoms with van der Waals surface area (Å²) in [6.45, 7) is 1.32. The lowest BCUT2D eigenvalue weighted by atomic mass is 10.2. The van der Waals surface area contributed by atoms with Crippen LogP contribution in [0.1, 0.15) is 18.9 Å². The van der Waals surface area contributed by atoms with E-state index in [0.717, 1.165) is 0 Å². The molecule has 1 heterocycles. The zero-order chi connectivity index (χ0) is 20.8. The number of para-hydroxylation sites is 2. The van der Waals surface area contributed by atoms with Crippen LogP contribution < -0.4 is 15.0 Å². The maximum atomic E-state index is 12.4. The Labute approximate surface area is 167 Å². The molecule has 1 atom stereocenters. The van der Waals surface area contributed by atoms with Crippen LogP contribution in [0.25, 0.3) is 0 Å². The van der Waals surface area contributed by atoms with Gasteiger partial charge in [0.2, 0.25) is 5.91 Å². The quantitative estimate of drug-likeness (QED) is 0.781. The van der Waals surface area contributed by atoms with Crippen molar-refractivity contribution >= 4 is 29.2 Å². The zero-order valence-electron chi connectivity index (χ0n) is 15.8. The average Bonchev–Trinajstić information content (AvgIpc) is 2.87. The molecule has 0 aromatic heterocycles. The molecule has 29 heavy (non-hydrogen) atoms. The van der Waals surface area contributed by atoms with Crippen molar-refractivity contribution in [1.29, 1.82) is 5.26 Å². The number of carbonyl (C=O) groups excluding carboxylic acids is 3. The van der Waals surface area contributed by atoms with E-state index in [1.165, 1.54) is 17.9 Å². The molecule has 1 N–H and O–H groups in total. The molecule has 3 rings (SSSR count). The van der Waals surface area contributed by atoms with E-state index in [1.807, 2.05) is 6.07 Å². The van der Waals surface area contributed by atoms with Gasteiger partial charge in [0.1, 0.15) is 12.3 Å². The van der Waals surface area contributed by atoms with Gasteiger partial charge < -0.3 is 14.8 Å². The molecule has 0 aliphatic carbocycles. The highest BCUT2D eigenvalue weighted by Gasteiger charge is 2.27. The lowest BCUT2D eigenvalue weighted by Gasteiger charge is -2.22. The maximum absolute atomic E-state index is 12.4. The van der Waals surface area contributed by atoms with E-state index in [1.54, 1.807) is 42.5 Å². The van der Waals surface area contributed by atoms with E-state index in [0.29, 0.717) is 22.7 Å². The lowest BCUT2D eigenvalue weighted by Crippen LogP contribution is -2.39. The number of benzene rings is 2. The van der Waals surface area contributed by atoms with E-state index in [4.69, 9.17) is 14.7 Å². The van der Waals surface area contributed by atoms with Gasteiger partial charge in [0.05, 0.1) is 30.3 Å². The van der Waals surface area contributed by atoms with Gasteiger partial charge in [0, 0.05) is 5.69 Å². The molecule has 148 valence electrons. The summed E-state index contributed by atoms with van der Waals surface area (Å²) in [4.78, 5) is 38.3. The number of nitriles is 1. The molecule has 0 saturated heterocycles. The smallest absolute Gasteiger partial charge is 0.326 e. The molecule has 2 aromatic rings. The third kappa shape index (κ3) is 4.90. The molecule has 0 radical (unpaired) electrons. The molecule has 0 spiro atoms. The fraction of sp³-hybridized carbons (Fsp3) is 0.238. The number of carbonyl (C=O) groups is 3. The van der Waals surface area contributed by atoms with Crippen molar-refractivity contribution < 1.29 is 23.9 Å². The number of rotatable bonds is 5. The topological polar surface area (TPSA) is 109 Å². The molecule has 0 unspecified atom stereocenters. The number of anilines is 2. The van der Waals surface area contributed by atoms with Crippen molar-refractivity contribution in [2.45, 2.75) is 19.4 Å². The van der Waals surface area contributed by atoms with Crippen molar-refractivity contribution in [3.8, 4) is 11.8 Å². The summed E-state index contributed by atoms with van der Waals surface area (Å²) >= 11 is 0. The minimum atomic E-state index is -1.08. The summed E-state index contributed by atoms with van der Waals surface area (Å²) in [7, 11) is 0. The number of nitrogens with one attached hydrogen (secondary N) is 1. The fourth-order valence-electron chi connectivity index (χ4n) is 2.82. The fourth-order valence-corrected chi connectivity index (χ4v) is 2.82. The Bertz CT molecular complexity index is 982. The summed E-state index contributed by atoms with van der Waals surface area (Å²) in [6.07, 6.45) is -0.949. The van der Waals surface area contributed by atoms with E-state index < -0.39 is 18.0 Å². The van der Waals surface area contributed by atoms with Crippen molar-refractivity contribution in [2.24, 2.45) is 0 Å². The van der Waals surface area contributed by atoms with Crippen molar-refractivity contribution in [1.82, 2.24) is 0 Å². The number of fused-ring (bicyclic) bond motifs is 1. The number of esters is 1. The van der Waals surface area contributed by atoms with E-state index >= 15 is 0 Å². The molecule has 1 aliphatic heterocycles. The molecule has 8 heteroatoms. The van der Waals surface area contributed by atoms with E-state index in [2.05, 4.69) is 5.32 Å². The molecule has 1 aliphatic rings. The summed E-state index contributed by atoms with van der Waals surface area (Å²) in [5, 5.41) is 11.5. The van der Waals surface area contributed by atoms with Gasteiger partial charge >= 0.3 is 5.97 Å². The van der Waals surface area contributed by atoms with Crippen molar-refractivity contribution in [3.05, 3.63) is 54.1 Å². The van der Waals surface area contributed by atoms with Gasteiger partial charge in [-0.05, 0) is 37.3 Å². The monoisotopic (exact) mass is 393 g/mol. The van der Waals surface area contributed by atoms with Gasteiger partial charge in [-0.1, -0.05) is 18.2 Å². The van der Waals surface area contributed by atoms with Crippen LogP contribution in [0.2, 0.25) is 0 Å². The number of amides is 2. The highest BCUT2D eigenvalue weighted by molar-refractivity contribution is 6.00.